The third kappa shape index (κ3) is 2.88. The standard InChI is InChI=1S/C10H9N5O3/c16-9(12-7-1-3-11-4-2-7)6-15-5-8(10(17)18)13-14-15/h1-5H,6H2,(H,17,18)(H,11,12,16). The van der Waals surface area contributed by atoms with Crippen molar-refractivity contribution in [3.8, 4) is 0 Å². The third-order valence-electron chi connectivity index (χ3n) is 2.03. The van der Waals surface area contributed by atoms with Crippen LogP contribution in [-0.2, 0) is 11.3 Å². The number of aromatic nitrogens is 4. The van der Waals surface area contributed by atoms with E-state index in [2.05, 4.69) is 20.6 Å². The van der Waals surface area contributed by atoms with Crippen LogP contribution in [0.4, 0.5) is 5.69 Å². The molecule has 2 aromatic heterocycles. The fraction of sp³-hybridized carbons (Fsp3) is 0.100. The summed E-state index contributed by atoms with van der Waals surface area (Å²) in [6.07, 6.45) is 4.29. The topological polar surface area (TPSA) is 110 Å². The molecule has 18 heavy (non-hydrogen) atoms. The monoisotopic (exact) mass is 247 g/mol. The average molecular weight is 247 g/mol. The molecular weight excluding hydrogens is 238 g/mol. The average Bonchev–Trinajstić information content (AvgIpc) is 2.78. The molecule has 0 unspecified atom stereocenters. The minimum absolute atomic E-state index is 0.109. The van der Waals surface area contributed by atoms with E-state index in [4.69, 9.17) is 5.11 Å². The number of amides is 1. The third-order valence-corrected chi connectivity index (χ3v) is 2.03. The zero-order valence-electron chi connectivity index (χ0n) is 9.15. The first-order chi connectivity index (χ1) is 8.65. The zero-order chi connectivity index (χ0) is 13.0. The molecule has 0 radical (unpaired) electrons. The number of carboxylic acids is 1. The number of hydrogen-bond acceptors (Lipinski definition) is 5. The molecule has 0 fully saturated rings. The van der Waals surface area contributed by atoms with Crippen molar-refractivity contribution in [2.24, 2.45) is 0 Å². The summed E-state index contributed by atoms with van der Waals surface area (Å²) in [7, 11) is 0. The number of anilines is 1. The van der Waals surface area contributed by atoms with Gasteiger partial charge in [-0.2, -0.15) is 0 Å². The molecule has 8 heteroatoms. The predicted molar refractivity (Wildman–Crippen MR) is 59.8 cm³/mol. The fourth-order valence-electron chi connectivity index (χ4n) is 1.26. The van der Waals surface area contributed by atoms with Gasteiger partial charge in [0.1, 0.15) is 6.54 Å². The van der Waals surface area contributed by atoms with Gasteiger partial charge in [-0.25, -0.2) is 9.48 Å². The number of carbonyl (C=O) groups excluding carboxylic acids is 1. The molecule has 0 aromatic carbocycles. The van der Waals surface area contributed by atoms with Crippen LogP contribution in [0.5, 0.6) is 0 Å². The molecule has 0 atom stereocenters. The lowest BCUT2D eigenvalue weighted by atomic mass is 10.4. The summed E-state index contributed by atoms with van der Waals surface area (Å²) in [5.74, 6) is -1.51. The molecule has 8 nitrogen and oxygen atoms in total. The Bertz CT molecular complexity index is 566. The van der Waals surface area contributed by atoms with Crippen molar-refractivity contribution >= 4 is 17.6 Å². The summed E-state index contributed by atoms with van der Waals surface area (Å²) in [5.41, 5.74) is 0.403. The predicted octanol–water partition coefficient (Wildman–Crippen LogP) is 0.01000. The van der Waals surface area contributed by atoms with Crippen molar-refractivity contribution in [3.05, 3.63) is 36.4 Å². The number of nitrogens with zero attached hydrogens (tertiary/aromatic N) is 4. The maximum absolute atomic E-state index is 11.6. The van der Waals surface area contributed by atoms with E-state index in [1.54, 1.807) is 24.5 Å². The molecule has 0 spiro atoms. The van der Waals surface area contributed by atoms with Crippen molar-refractivity contribution in [3.63, 3.8) is 0 Å². The van der Waals surface area contributed by atoms with Gasteiger partial charge in [0, 0.05) is 18.1 Å². The second-order valence-corrected chi connectivity index (χ2v) is 3.39. The summed E-state index contributed by atoms with van der Waals surface area (Å²) >= 11 is 0. The van der Waals surface area contributed by atoms with Crippen molar-refractivity contribution < 1.29 is 14.7 Å². The molecule has 2 N–H and O–H groups in total. The van der Waals surface area contributed by atoms with E-state index in [1.165, 1.54) is 6.20 Å². The largest absolute Gasteiger partial charge is 0.476 e. The first-order valence-electron chi connectivity index (χ1n) is 4.98. The zero-order valence-corrected chi connectivity index (χ0v) is 9.15. The van der Waals surface area contributed by atoms with E-state index < -0.39 is 5.97 Å². The van der Waals surface area contributed by atoms with Gasteiger partial charge in [0.05, 0.1) is 6.20 Å². The quantitative estimate of drug-likeness (QED) is 0.787. The Hall–Kier alpha value is -2.77. The highest BCUT2D eigenvalue weighted by atomic mass is 16.4. The van der Waals surface area contributed by atoms with E-state index in [9.17, 15) is 9.59 Å². The van der Waals surface area contributed by atoms with Gasteiger partial charge < -0.3 is 10.4 Å². The van der Waals surface area contributed by atoms with Crippen LogP contribution in [0.15, 0.2) is 30.7 Å². The maximum Gasteiger partial charge on any atom is 0.358 e. The lowest BCUT2D eigenvalue weighted by Crippen LogP contribution is -2.19. The molecule has 92 valence electrons. The number of nitrogens with one attached hydrogen (secondary N) is 1. The van der Waals surface area contributed by atoms with Crippen molar-refractivity contribution in [2.75, 3.05) is 5.32 Å². The SMILES string of the molecule is O=C(Cn1cc(C(=O)O)nn1)Nc1ccncc1. The molecule has 0 aliphatic rings. The van der Waals surface area contributed by atoms with Crippen LogP contribution in [0, 0.1) is 0 Å². The maximum atomic E-state index is 11.6. The Morgan fingerprint density at radius 2 is 2.06 bits per heavy atom. The summed E-state index contributed by atoms with van der Waals surface area (Å²) in [5, 5.41) is 18.2. The van der Waals surface area contributed by atoms with E-state index in [1.807, 2.05) is 0 Å². The Morgan fingerprint density at radius 3 is 2.67 bits per heavy atom. The van der Waals surface area contributed by atoms with Crippen LogP contribution >= 0.6 is 0 Å². The van der Waals surface area contributed by atoms with E-state index in [0.717, 1.165) is 4.68 Å². The van der Waals surface area contributed by atoms with Crippen LogP contribution in [-0.4, -0.2) is 37.0 Å². The van der Waals surface area contributed by atoms with E-state index in [0.29, 0.717) is 5.69 Å². The molecule has 0 aliphatic heterocycles. The van der Waals surface area contributed by atoms with Gasteiger partial charge in [0.2, 0.25) is 5.91 Å². The van der Waals surface area contributed by atoms with Gasteiger partial charge in [0.15, 0.2) is 5.69 Å². The molecule has 0 saturated heterocycles. The molecule has 2 heterocycles. The first kappa shape index (κ1) is 11.7. The van der Waals surface area contributed by atoms with Gasteiger partial charge in [-0.05, 0) is 12.1 Å². The lowest BCUT2D eigenvalue weighted by molar-refractivity contribution is -0.116. The number of hydrogen-bond donors (Lipinski definition) is 2. The highest BCUT2D eigenvalue weighted by molar-refractivity contribution is 5.90. The number of aromatic carboxylic acids is 1. The van der Waals surface area contributed by atoms with Crippen LogP contribution in [0.1, 0.15) is 10.5 Å². The summed E-state index contributed by atoms with van der Waals surface area (Å²) in [4.78, 5) is 26.0. The van der Waals surface area contributed by atoms with Crippen LogP contribution in [0.2, 0.25) is 0 Å². The summed E-state index contributed by atoms with van der Waals surface area (Å²) in [6, 6.07) is 3.28. The molecule has 2 aromatic rings. The molecule has 2 rings (SSSR count). The van der Waals surface area contributed by atoms with Gasteiger partial charge in [-0.1, -0.05) is 5.21 Å². The minimum atomic E-state index is -1.18. The Morgan fingerprint density at radius 1 is 1.33 bits per heavy atom. The second kappa shape index (κ2) is 5.04. The van der Waals surface area contributed by atoms with Crippen molar-refractivity contribution in [1.82, 2.24) is 20.0 Å². The van der Waals surface area contributed by atoms with Gasteiger partial charge in [-0.15, -0.1) is 5.10 Å². The lowest BCUT2D eigenvalue weighted by Gasteiger charge is -2.03. The minimum Gasteiger partial charge on any atom is -0.476 e. The number of rotatable bonds is 4. The van der Waals surface area contributed by atoms with E-state index >= 15 is 0 Å². The molecule has 0 bridgehead atoms. The Kier molecular flexibility index (Phi) is 3.28. The van der Waals surface area contributed by atoms with Crippen molar-refractivity contribution in [2.45, 2.75) is 6.54 Å². The smallest absolute Gasteiger partial charge is 0.358 e. The molecule has 0 saturated carbocycles. The highest BCUT2D eigenvalue weighted by Crippen LogP contribution is 2.03. The van der Waals surface area contributed by atoms with Crippen LogP contribution in [0.3, 0.4) is 0 Å². The summed E-state index contributed by atoms with van der Waals surface area (Å²) in [6.45, 7) is -0.109. The fourth-order valence-corrected chi connectivity index (χ4v) is 1.26. The van der Waals surface area contributed by atoms with Crippen molar-refractivity contribution in [1.29, 1.82) is 0 Å². The molecule has 1 amide bonds. The number of pyridine rings is 1. The first-order valence-corrected chi connectivity index (χ1v) is 4.98. The van der Waals surface area contributed by atoms with Gasteiger partial charge >= 0.3 is 5.97 Å². The number of carboxylic acid groups (broad SMARTS) is 1. The van der Waals surface area contributed by atoms with Crippen LogP contribution < -0.4 is 5.32 Å². The van der Waals surface area contributed by atoms with Crippen LogP contribution in [0.25, 0.3) is 0 Å². The Labute approximate surface area is 101 Å². The highest BCUT2D eigenvalue weighted by Gasteiger charge is 2.10. The summed E-state index contributed by atoms with van der Waals surface area (Å²) < 4.78 is 1.15. The Balaban J connectivity index is 1.97. The molecule has 0 aliphatic carbocycles. The normalized spacial score (nSPS) is 10.0. The second-order valence-electron chi connectivity index (χ2n) is 3.39. The molecular formula is C10H9N5O3. The van der Waals surface area contributed by atoms with Gasteiger partial charge in [-0.3, -0.25) is 9.78 Å². The van der Waals surface area contributed by atoms with E-state index in [-0.39, 0.29) is 18.1 Å². The number of carbonyl (C=O) groups is 2. The van der Waals surface area contributed by atoms with Gasteiger partial charge in [0.25, 0.3) is 0 Å².